The average molecular weight is 659 g/mol. The molecule has 0 fully saturated rings. The molecule has 0 radical (unpaired) electrons. The molecule has 0 aromatic rings. The second-order valence-electron chi connectivity index (χ2n) is 11.3. The molecule has 0 aliphatic carbocycles. The molecule has 0 heterocycles. The number of hydrogen-bond acceptors (Lipinski definition) is 9. The van der Waals surface area contributed by atoms with Crippen LogP contribution in [0.1, 0.15) is 92.9 Å². The highest BCUT2D eigenvalue weighted by Gasteiger charge is 2.52. The molecule has 0 saturated carbocycles. The Morgan fingerprint density at radius 3 is 0.854 bits per heavy atom. The van der Waals surface area contributed by atoms with Crippen molar-refractivity contribution in [3.8, 4) is 0 Å². The summed E-state index contributed by atoms with van der Waals surface area (Å²) in [5, 5.41) is 0. The van der Waals surface area contributed by atoms with Crippen molar-refractivity contribution >= 4 is 34.2 Å². The van der Waals surface area contributed by atoms with E-state index in [1.54, 1.807) is 0 Å². The van der Waals surface area contributed by atoms with Crippen molar-refractivity contribution in [3.63, 3.8) is 0 Å². The lowest BCUT2D eigenvalue weighted by Crippen LogP contribution is -2.66. The van der Waals surface area contributed by atoms with Crippen molar-refractivity contribution in [2.45, 2.75) is 119 Å². The molecular formula is C28H66O9Si4. The second kappa shape index (κ2) is 23.8. The van der Waals surface area contributed by atoms with Gasteiger partial charge in [0.2, 0.25) is 0 Å². The van der Waals surface area contributed by atoms with Gasteiger partial charge in [0.05, 0.1) is 24.9 Å². The van der Waals surface area contributed by atoms with E-state index in [1.165, 1.54) is 0 Å². The van der Waals surface area contributed by atoms with E-state index in [0.29, 0.717) is 64.6 Å². The van der Waals surface area contributed by atoms with Crippen LogP contribution in [0.15, 0.2) is 0 Å². The predicted octanol–water partition coefficient (Wildman–Crippen LogP) is 6.82. The minimum atomic E-state index is -2.99. The third-order valence-electron chi connectivity index (χ3n) is 6.22. The highest BCUT2D eigenvalue weighted by molar-refractivity contribution is 6.88. The summed E-state index contributed by atoms with van der Waals surface area (Å²) < 4.78 is 58.0. The van der Waals surface area contributed by atoms with E-state index in [4.69, 9.17) is 40.1 Å². The first kappa shape index (κ1) is 41.5. The Bertz CT molecular complexity index is 577. The maximum atomic E-state index is 7.11. The quantitative estimate of drug-likeness (QED) is 0.0610. The van der Waals surface area contributed by atoms with E-state index in [2.05, 4.69) is 53.9 Å². The minimum absolute atomic E-state index is 0.387. The minimum Gasteiger partial charge on any atom is -0.413 e. The fourth-order valence-electron chi connectivity index (χ4n) is 4.36. The molecule has 4 unspecified atom stereocenters. The Hall–Kier alpha value is 0.508. The van der Waals surface area contributed by atoms with Gasteiger partial charge in [0.25, 0.3) is 0 Å². The van der Waals surface area contributed by atoms with Gasteiger partial charge >= 0.3 is 34.2 Å². The van der Waals surface area contributed by atoms with Gasteiger partial charge in [0.15, 0.2) is 0 Å². The Labute approximate surface area is 257 Å². The first-order chi connectivity index (χ1) is 19.5. The van der Waals surface area contributed by atoms with Crippen LogP contribution in [0.25, 0.3) is 0 Å². The van der Waals surface area contributed by atoms with Crippen LogP contribution in [0.4, 0.5) is 0 Å². The molecule has 0 amide bonds. The largest absolute Gasteiger partial charge is 0.413 e. The molecule has 0 aromatic heterocycles. The molecule has 41 heavy (non-hydrogen) atoms. The predicted molar refractivity (Wildman–Crippen MR) is 176 cm³/mol. The van der Waals surface area contributed by atoms with Crippen LogP contribution in [0.5, 0.6) is 0 Å². The number of hydrogen-bond donors (Lipinski definition) is 0. The van der Waals surface area contributed by atoms with Gasteiger partial charge in [-0.1, -0.05) is 53.4 Å². The van der Waals surface area contributed by atoms with Gasteiger partial charge in [0, 0.05) is 39.6 Å². The van der Waals surface area contributed by atoms with E-state index < -0.39 is 34.2 Å². The summed E-state index contributed by atoms with van der Waals surface area (Å²) in [7, 11) is -11.5. The van der Waals surface area contributed by atoms with Gasteiger partial charge < -0.3 is 40.1 Å². The normalized spacial score (nSPS) is 18.0. The summed E-state index contributed by atoms with van der Waals surface area (Å²) in [5.74, 6) is 0. The standard InChI is InChI=1S/C28H66O9Si4/c1-11-17-21-29-25-38(7,33-15-5)35-40(9,27-31-23-19-13-3)37-41(10,28-32-24-20-14-4)36-39(8,34-16-6)26-30-22-18-12-2/h11-28H2,1-10H3. The Balaban J connectivity index is 6.14. The van der Waals surface area contributed by atoms with Crippen LogP contribution in [0.3, 0.4) is 0 Å². The maximum Gasteiger partial charge on any atom is 0.352 e. The van der Waals surface area contributed by atoms with Crippen molar-refractivity contribution < 1.29 is 40.1 Å². The molecule has 0 aliphatic rings. The van der Waals surface area contributed by atoms with Crippen molar-refractivity contribution in [3.05, 3.63) is 0 Å². The van der Waals surface area contributed by atoms with Crippen LogP contribution < -0.4 is 0 Å². The third kappa shape index (κ3) is 20.2. The van der Waals surface area contributed by atoms with Crippen molar-refractivity contribution in [2.24, 2.45) is 0 Å². The first-order valence-electron chi connectivity index (χ1n) is 16.2. The van der Waals surface area contributed by atoms with Crippen molar-refractivity contribution in [1.82, 2.24) is 0 Å². The lowest BCUT2D eigenvalue weighted by molar-refractivity contribution is 0.0941. The average Bonchev–Trinajstić information content (AvgIpc) is 2.90. The van der Waals surface area contributed by atoms with Gasteiger partial charge in [-0.05, 0) is 65.7 Å². The van der Waals surface area contributed by atoms with Gasteiger partial charge in [-0.15, -0.1) is 0 Å². The Morgan fingerprint density at radius 2 is 0.610 bits per heavy atom. The van der Waals surface area contributed by atoms with Crippen LogP contribution in [-0.2, 0) is 40.1 Å². The van der Waals surface area contributed by atoms with Crippen LogP contribution >= 0.6 is 0 Å². The topological polar surface area (TPSA) is 83.1 Å². The highest BCUT2D eigenvalue weighted by Crippen LogP contribution is 2.27. The molecule has 0 aliphatic heterocycles. The van der Waals surface area contributed by atoms with Gasteiger partial charge in [0.1, 0.15) is 0 Å². The molecule has 13 heteroatoms. The molecule has 0 N–H and O–H groups in total. The summed E-state index contributed by atoms with van der Waals surface area (Å²) in [6.07, 6.45) is 9.96. The third-order valence-corrected chi connectivity index (χ3v) is 21.3. The SMILES string of the molecule is CCCCOC[Si](C)(OCC)O[Si](C)(COCCCC)O[Si](C)(COCCCC)O[Si](C)(COCCCC)OCC. The number of ether oxygens (including phenoxy) is 4. The van der Waals surface area contributed by atoms with E-state index in [0.717, 1.165) is 51.4 Å². The zero-order chi connectivity index (χ0) is 31.1. The van der Waals surface area contributed by atoms with Crippen molar-refractivity contribution in [1.29, 1.82) is 0 Å². The zero-order valence-electron chi connectivity index (χ0n) is 28.4. The molecule has 4 atom stereocenters. The van der Waals surface area contributed by atoms with Crippen LogP contribution in [0.2, 0.25) is 26.2 Å². The van der Waals surface area contributed by atoms with Crippen LogP contribution in [0, 0.1) is 0 Å². The molecule has 248 valence electrons. The lowest BCUT2D eigenvalue weighted by Gasteiger charge is -2.43. The molecular weight excluding hydrogens is 593 g/mol. The molecule has 0 saturated heterocycles. The summed E-state index contributed by atoms with van der Waals surface area (Å²) in [5.41, 5.74) is 0. The number of rotatable bonds is 30. The zero-order valence-corrected chi connectivity index (χ0v) is 32.4. The van der Waals surface area contributed by atoms with E-state index in [9.17, 15) is 0 Å². The summed E-state index contributed by atoms with van der Waals surface area (Å²) in [6, 6.07) is 0. The fraction of sp³-hybridized carbons (Fsp3) is 1.00. The van der Waals surface area contributed by atoms with Gasteiger partial charge in [-0.3, -0.25) is 0 Å². The molecule has 0 rings (SSSR count). The Morgan fingerprint density at radius 1 is 0.366 bits per heavy atom. The monoisotopic (exact) mass is 658 g/mol. The molecule has 0 spiro atoms. The molecule has 9 nitrogen and oxygen atoms in total. The second-order valence-corrected chi connectivity index (χ2v) is 24.6. The Kier molecular flexibility index (Phi) is 24.1. The van der Waals surface area contributed by atoms with Gasteiger partial charge in [-0.2, -0.15) is 0 Å². The molecule has 0 bridgehead atoms. The number of unbranched alkanes of at least 4 members (excludes halogenated alkanes) is 4. The summed E-state index contributed by atoms with van der Waals surface area (Å²) in [4.78, 5) is 0. The lowest BCUT2D eigenvalue weighted by atomic mass is 10.4. The first-order valence-corrected chi connectivity index (χ1v) is 26.3. The van der Waals surface area contributed by atoms with Crippen LogP contribution in [-0.4, -0.2) is 98.8 Å². The molecule has 0 aromatic carbocycles. The summed E-state index contributed by atoms with van der Waals surface area (Å²) >= 11 is 0. The fourth-order valence-corrected chi connectivity index (χ4v) is 21.7. The summed E-state index contributed by atoms with van der Waals surface area (Å²) in [6.45, 7) is 24.7. The smallest absolute Gasteiger partial charge is 0.352 e. The van der Waals surface area contributed by atoms with E-state index in [-0.39, 0.29) is 0 Å². The van der Waals surface area contributed by atoms with E-state index in [1.807, 2.05) is 13.8 Å². The highest BCUT2D eigenvalue weighted by atomic mass is 28.5. The maximum absolute atomic E-state index is 7.11. The van der Waals surface area contributed by atoms with Crippen molar-refractivity contribution in [2.75, 3.05) is 64.6 Å². The van der Waals surface area contributed by atoms with E-state index >= 15 is 0 Å². The van der Waals surface area contributed by atoms with Gasteiger partial charge in [-0.25, -0.2) is 0 Å².